The molecule has 0 spiro atoms. The summed E-state index contributed by atoms with van der Waals surface area (Å²) in [5.74, 6) is 0.217. The molecule has 102 valence electrons. The van der Waals surface area contributed by atoms with E-state index in [0.29, 0.717) is 19.6 Å². The number of piperazine rings is 1. The second-order valence-corrected chi connectivity index (χ2v) is 6.50. The molecule has 0 aromatic rings. The van der Waals surface area contributed by atoms with Gasteiger partial charge in [0.05, 0.1) is 5.75 Å². The Morgan fingerprint density at radius 2 is 1.76 bits per heavy atom. The average molecular weight is 263 g/mol. The summed E-state index contributed by atoms with van der Waals surface area (Å²) < 4.78 is 25.6. The highest BCUT2D eigenvalue weighted by Crippen LogP contribution is 2.08. The molecule has 0 unspecified atom stereocenters. The molecule has 1 rings (SSSR count). The minimum atomic E-state index is -3.05. The van der Waals surface area contributed by atoms with Gasteiger partial charge >= 0.3 is 0 Å². The van der Waals surface area contributed by atoms with Crippen molar-refractivity contribution in [2.45, 2.75) is 20.3 Å². The Kier molecular flexibility index (Phi) is 6.40. The number of hydrogen-bond acceptors (Lipinski definition) is 4. The fraction of sp³-hybridized carbons (Fsp3) is 1.00. The van der Waals surface area contributed by atoms with Crippen molar-refractivity contribution in [2.75, 3.05) is 51.6 Å². The quantitative estimate of drug-likeness (QED) is 0.655. The van der Waals surface area contributed by atoms with Crippen LogP contribution >= 0.6 is 0 Å². The molecule has 1 saturated heterocycles. The molecule has 0 radical (unpaired) electrons. The number of sulfonamides is 1. The lowest BCUT2D eigenvalue weighted by molar-refractivity contribution is 0.188. The Morgan fingerprint density at radius 3 is 2.29 bits per heavy atom. The third kappa shape index (κ3) is 4.91. The molecule has 0 aromatic heterocycles. The molecule has 5 nitrogen and oxygen atoms in total. The van der Waals surface area contributed by atoms with Gasteiger partial charge in [0.25, 0.3) is 0 Å². The van der Waals surface area contributed by atoms with E-state index in [0.717, 1.165) is 32.6 Å². The van der Waals surface area contributed by atoms with E-state index in [4.69, 9.17) is 0 Å². The summed E-state index contributed by atoms with van der Waals surface area (Å²) in [5, 5.41) is 3.06. The van der Waals surface area contributed by atoms with Crippen LogP contribution in [0.25, 0.3) is 0 Å². The van der Waals surface area contributed by atoms with E-state index in [-0.39, 0.29) is 5.75 Å². The minimum Gasteiger partial charge on any atom is -0.316 e. The van der Waals surface area contributed by atoms with Gasteiger partial charge in [-0.25, -0.2) is 8.42 Å². The largest absolute Gasteiger partial charge is 0.316 e. The van der Waals surface area contributed by atoms with Gasteiger partial charge in [0, 0.05) is 32.7 Å². The normalized spacial score (nSPS) is 19.6. The molecule has 17 heavy (non-hydrogen) atoms. The van der Waals surface area contributed by atoms with Crippen molar-refractivity contribution >= 4 is 10.0 Å². The molecule has 0 amide bonds. The molecule has 1 heterocycles. The smallest absolute Gasteiger partial charge is 0.215 e. The van der Waals surface area contributed by atoms with Crippen molar-refractivity contribution in [2.24, 2.45) is 0 Å². The zero-order chi connectivity index (χ0) is 12.7. The lowest BCUT2D eigenvalue weighted by atomic mass is 10.3. The molecule has 0 bridgehead atoms. The van der Waals surface area contributed by atoms with Crippen LogP contribution in [0.3, 0.4) is 0 Å². The first-order valence-corrected chi connectivity index (χ1v) is 8.12. The van der Waals surface area contributed by atoms with Gasteiger partial charge in [-0.2, -0.15) is 4.31 Å². The van der Waals surface area contributed by atoms with E-state index in [2.05, 4.69) is 17.1 Å². The highest BCUT2D eigenvalue weighted by Gasteiger charge is 2.25. The highest BCUT2D eigenvalue weighted by molar-refractivity contribution is 7.89. The maximum absolute atomic E-state index is 12.0. The topological polar surface area (TPSA) is 52.7 Å². The number of hydrogen-bond donors (Lipinski definition) is 1. The summed E-state index contributed by atoms with van der Waals surface area (Å²) in [4.78, 5) is 2.33. The van der Waals surface area contributed by atoms with E-state index < -0.39 is 10.0 Å². The summed E-state index contributed by atoms with van der Waals surface area (Å²) >= 11 is 0. The van der Waals surface area contributed by atoms with Gasteiger partial charge in [-0.15, -0.1) is 0 Å². The first kappa shape index (κ1) is 14.9. The van der Waals surface area contributed by atoms with Crippen LogP contribution in [0.4, 0.5) is 0 Å². The monoisotopic (exact) mass is 263 g/mol. The second kappa shape index (κ2) is 7.31. The minimum absolute atomic E-state index is 0.217. The Balaban J connectivity index is 2.36. The van der Waals surface area contributed by atoms with E-state index >= 15 is 0 Å². The molecule has 0 saturated carbocycles. The zero-order valence-electron chi connectivity index (χ0n) is 11.0. The van der Waals surface area contributed by atoms with Crippen molar-refractivity contribution < 1.29 is 8.42 Å². The van der Waals surface area contributed by atoms with Gasteiger partial charge in [0.2, 0.25) is 10.0 Å². The van der Waals surface area contributed by atoms with Crippen molar-refractivity contribution in [3.63, 3.8) is 0 Å². The van der Waals surface area contributed by atoms with Crippen LogP contribution in [0.5, 0.6) is 0 Å². The van der Waals surface area contributed by atoms with Crippen LogP contribution in [-0.2, 0) is 10.0 Å². The third-order valence-electron chi connectivity index (χ3n) is 3.05. The predicted molar refractivity (Wildman–Crippen MR) is 70.6 cm³/mol. The van der Waals surface area contributed by atoms with Crippen LogP contribution in [0.2, 0.25) is 0 Å². The number of nitrogens with one attached hydrogen (secondary N) is 1. The molecule has 1 aliphatic rings. The molecule has 0 atom stereocenters. The molecular formula is C11H25N3O2S. The first-order valence-electron chi connectivity index (χ1n) is 6.51. The standard InChI is InChI=1S/C11H25N3O2S/c1-3-6-13-7-9-14(10-8-13)17(15,16)11-5-12-4-2/h12H,3-11H2,1-2H3. The summed E-state index contributed by atoms with van der Waals surface area (Å²) in [7, 11) is -3.05. The Bertz CT molecular complexity index is 298. The van der Waals surface area contributed by atoms with Gasteiger partial charge < -0.3 is 10.2 Å². The number of nitrogens with zero attached hydrogens (tertiary/aromatic N) is 2. The lowest BCUT2D eigenvalue weighted by Crippen LogP contribution is -2.49. The Morgan fingerprint density at radius 1 is 1.12 bits per heavy atom. The molecule has 1 aliphatic heterocycles. The van der Waals surface area contributed by atoms with Crippen LogP contribution in [0.15, 0.2) is 0 Å². The van der Waals surface area contributed by atoms with Crippen LogP contribution < -0.4 is 5.32 Å². The maximum atomic E-state index is 12.0. The second-order valence-electron chi connectivity index (χ2n) is 4.41. The van der Waals surface area contributed by atoms with Crippen molar-refractivity contribution in [1.29, 1.82) is 0 Å². The van der Waals surface area contributed by atoms with Crippen LogP contribution in [0.1, 0.15) is 20.3 Å². The molecule has 0 aliphatic carbocycles. The van der Waals surface area contributed by atoms with Crippen molar-refractivity contribution in [1.82, 2.24) is 14.5 Å². The van der Waals surface area contributed by atoms with E-state index in [1.54, 1.807) is 4.31 Å². The zero-order valence-corrected chi connectivity index (χ0v) is 11.8. The summed E-state index contributed by atoms with van der Waals surface area (Å²) in [6.45, 7) is 9.61. The van der Waals surface area contributed by atoms with Gasteiger partial charge in [-0.05, 0) is 19.5 Å². The van der Waals surface area contributed by atoms with Gasteiger partial charge in [0.15, 0.2) is 0 Å². The molecule has 0 aromatic carbocycles. The Labute approximate surface area is 105 Å². The molecule has 1 N–H and O–H groups in total. The fourth-order valence-corrected chi connectivity index (χ4v) is 3.43. The van der Waals surface area contributed by atoms with Crippen LogP contribution in [-0.4, -0.2) is 69.2 Å². The number of rotatable bonds is 7. The maximum Gasteiger partial charge on any atom is 0.215 e. The molecule has 6 heteroatoms. The molecule has 1 fully saturated rings. The van der Waals surface area contributed by atoms with Gasteiger partial charge in [-0.1, -0.05) is 13.8 Å². The molecular weight excluding hydrogens is 238 g/mol. The van der Waals surface area contributed by atoms with E-state index in [1.807, 2.05) is 6.92 Å². The van der Waals surface area contributed by atoms with Crippen molar-refractivity contribution in [3.8, 4) is 0 Å². The Hall–Kier alpha value is -0.170. The van der Waals surface area contributed by atoms with E-state index in [9.17, 15) is 8.42 Å². The SMILES string of the molecule is CCCN1CCN(S(=O)(=O)CCNCC)CC1. The average Bonchev–Trinajstić information content (AvgIpc) is 2.30. The summed E-state index contributed by atoms with van der Waals surface area (Å²) in [5.41, 5.74) is 0. The lowest BCUT2D eigenvalue weighted by Gasteiger charge is -2.33. The van der Waals surface area contributed by atoms with Crippen molar-refractivity contribution in [3.05, 3.63) is 0 Å². The summed E-state index contributed by atoms with van der Waals surface area (Å²) in [6.07, 6.45) is 1.13. The van der Waals surface area contributed by atoms with E-state index in [1.165, 1.54) is 0 Å². The van der Waals surface area contributed by atoms with Gasteiger partial charge in [-0.3, -0.25) is 0 Å². The third-order valence-corrected chi connectivity index (χ3v) is 4.92. The van der Waals surface area contributed by atoms with Crippen LogP contribution in [0, 0.1) is 0 Å². The predicted octanol–water partition coefficient (Wildman–Crippen LogP) is -0.0467. The highest BCUT2D eigenvalue weighted by atomic mass is 32.2. The fourth-order valence-electron chi connectivity index (χ4n) is 2.05. The first-order chi connectivity index (χ1) is 8.10. The summed E-state index contributed by atoms with van der Waals surface area (Å²) in [6, 6.07) is 0. The van der Waals surface area contributed by atoms with Gasteiger partial charge in [0.1, 0.15) is 0 Å².